The van der Waals surface area contributed by atoms with E-state index >= 15 is 0 Å². The van der Waals surface area contributed by atoms with E-state index in [-0.39, 0.29) is 22.8 Å². The highest BCUT2D eigenvalue weighted by atomic mass is 19.2. The highest BCUT2D eigenvalue weighted by Crippen LogP contribution is 2.25. The molecule has 7 heteroatoms. The van der Waals surface area contributed by atoms with Crippen molar-refractivity contribution in [1.29, 1.82) is 5.26 Å². The Morgan fingerprint density at radius 3 is 2.42 bits per heavy atom. The lowest BCUT2D eigenvalue weighted by Gasteiger charge is -2.09. The Balaban J connectivity index is 2.40. The van der Waals surface area contributed by atoms with Crippen molar-refractivity contribution in [3.63, 3.8) is 0 Å². The average Bonchev–Trinajstić information content (AvgIpc) is 2.38. The number of pyridine rings is 1. The van der Waals surface area contributed by atoms with Crippen molar-refractivity contribution < 1.29 is 13.2 Å². The van der Waals surface area contributed by atoms with Gasteiger partial charge < -0.3 is 11.1 Å². The van der Waals surface area contributed by atoms with Crippen molar-refractivity contribution in [2.45, 2.75) is 0 Å². The zero-order valence-corrected chi connectivity index (χ0v) is 9.42. The molecule has 0 aliphatic rings. The standard InChI is InChI=1S/C12H7F3N4/c13-8-3-7(4-9(14)10(8)15)19-12-11(17)6(5-16)1-2-18-12/h1-4H,17H2,(H,18,19). The molecular formula is C12H7F3N4. The summed E-state index contributed by atoms with van der Waals surface area (Å²) in [6.07, 6.45) is 1.31. The van der Waals surface area contributed by atoms with Gasteiger partial charge in [-0.15, -0.1) is 0 Å². The van der Waals surface area contributed by atoms with Gasteiger partial charge in [-0.2, -0.15) is 5.26 Å². The van der Waals surface area contributed by atoms with Crippen molar-refractivity contribution in [3.8, 4) is 6.07 Å². The van der Waals surface area contributed by atoms with E-state index in [1.54, 1.807) is 0 Å². The van der Waals surface area contributed by atoms with Crippen LogP contribution in [-0.2, 0) is 0 Å². The van der Waals surface area contributed by atoms with Crippen LogP contribution in [0, 0.1) is 28.8 Å². The van der Waals surface area contributed by atoms with Crippen LogP contribution in [0.2, 0.25) is 0 Å². The Morgan fingerprint density at radius 2 is 1.84 bits per heavy atom. The molecule has 3 N–H and O–H groups in total. The average molecular weight is 264 g/mol. The van der Waals surface area contributed by atoms with Gasteiger partial charge in [-0.05, 0) is 6.07 Å². The summed E-state index contributed by atoms with van der Waals surface area (Å²) in [4.78, 5) is 3.84. The lowest BCUT2D eigenvalue weighted by molar-refractivity contribution is 0.448. The van der Waals surface area contributed by atoms with Crippen LogP contribution in [0.3, 0.4) is 0 Å². The first-order chi connectivity index (χ1) is 9.02. The molecule has 2 aromatic rings. The lowest BCUT2D eigenvalue weighted by atomic mass is 10.2. The van der Waals surface area contributed by atoms with Crippen molar-refractivity contribution in [2.24, 2.45) is 0 Å². The van der Waals surface area contributed by atoms with E-state index in [4.69, 9.17) is 11.0 Å². The number of nitriles is 1. The van der Waals surface area contributed by atoms with Crippen LogP contribution in [0.25, 0.3) is 0 Å². The second kappa shape index (κ2) is 4.86. The van der Waals surface area contributed by atoms with Crippen LogP contribution in [0.1, 0.15) is 5.56 Å². The zero-order chi connectivity index (χ0) is 14.0. The largest absolute Gasteiger partial charge is 0.395 e. The number of nitrogens with zero attached hydrogens (tertiary/aromatic N) is 2. The van der Waals surface area contributed by atoms with Gasteiger partial charge in [0.1, 0.15) is 6.07 Å². The molecule has 0 aliphatic carbocycles. The van der Waals surface area contributed by atoms with Gasteiger partial charge in [-0.3, -0.25) is 0 Å². The monoisotopic (exact) mass is 264 g/mol. The highest BCUT2D eigenvalue weighted by molar-refractivity contribution is 5.73. The van der Waals surface area contributed by atoms with E-state index in [1.807, 2.05) is 6.07 Å². The van der Waals surface area contributed by atoms with Gasteiger partial charge in [0, 0.05) is 24.0 Å². The summed E-state index contributed by atoms with van der Waals surface area (Å²) in [5, 5.41) is 11.3. The van der Waals surface area contributed by atoms with Crippen molar-refractivity contribution in [3.05, 3.63) is 47.4 Å². The van der Waals surface area contributed by atoms with E-state index in [9.17, 15) is 13.2 Å². The van der Waals surface area contributed by atoms with E-state index in [0.717, 1.165) is 12.1 Å². The minimum Gasteiger partial charge on any atom is -0.395 e. The van der Waals surface area contributed by atoms with Gasteiger partial charge in [0.2, 0.25) is 0 Å². The fourth-order valence-corrected chi connectivity index (χ4v) is 1.43. The molecule has 0 amide bonds. The van der Waals surface area contributed by atoms with E-state index in [1.165, 1.54) is 12.3 Å². The quantitative estimate of drug-likeness (QED) is 0.818. The Labute approximate surface area is 106 Å². The first kappa shape index (κ1) is 12.7. The summed E-state index contributed by atoms with van der Waals surface area (Å²) in [5.74, 6) is -4.17. The highest BCUT2D eigenvalue weighted by Gasteiger charge is 2.12. The molecule has 0 unspecified atom stereocenters. The smallest absolute Gasteiger partial charge is 0.194 e. The maximum Gasteiger partial charge on any atom is 0.194 e. The molecule has 0 atom stereocenters. The minimum absolute atomic E-state index is 0.0372. The molecule has 1 aromatic heterocycles. The number of halogens is 3. The Hall–Kier alpha value is -2.75. The molecule has 0 saturated heterocycles. The molecule has 1 aromatic carbocycles. The fourth-order valence-electron chi connectivity index (χ4n) is 1.43. The first-order valence-corrected chi connectivity index (χ1v) is 5.09. The number of nitrogens with one attached hydrogen (secondary N) is 1. The molecule has 19 heavy (non-hydrogen) atoms. The van der Waals surface area contributed by atoms with Crippen LogP contribution in [0.5, 0.6) is 0 Å². The molecular weight excluding hydrogens is 257 g/mol. The molecule has 0 aliphatic heterocycles. The second-order valence-corrected chi connectivity index (χ2v) is 3.61. The van der Waals surface area contributed by atoms with Crippen LogP contribution < -0.4 is 11.1 Å². The number of anilines is 3. The molecule has 0 spiro atoms. The van der Waals surface area contributed by atoms with E-state index < -0.39 is 17.5 Å². The lowest BCUT2D eigenvalue weighted by Crippen LogP contribution is -2.02. The molecule has 0 saturated carbocycles. The Bertz CT molecular complexity index is 656. The second-order valence-electron chi connectivity index (χ2n) is 3.61. The van der Waals surface area contributed by atoms with Crippen LogP contribution in [-0.4, -0.2) is 4.98 Å². The molecule has 1 heterocycles. The topological polar surface area (TPSA) is 74.7 Å². The predicted molar refractivity (Wildman–Crippen MR) is 63.0 cm³/mol. The number of nitrogen functional groups attached to an aromatic ring is 1. The third kappa shape index (κ3) is 2.42. The van der Waals surface area contributed by atoms with Gasteiger partial charge in [0.25, 0.3) is 0 Å². The summed E-state index contributed by atoms with van der Waals surface area (Å²) >= 11 is 0. The summed E-state index contributed by atoms with van der Waals surface area (Å²) in [5.41, 5.74) is 5.78. The van der Waals surface area contributed by atoms with Crippen molar-refractivity contribution in [1.82, 2.24) is 4.98 Å². The first-order valence-electron chi connectivity index (χ1n) is 5.09. The number of hydrogen-bond donors (Lipinski definition) is 2. The zero-order valence-electron chi connectivity index (χ0n) is 9.42. The summed E-state index contributed by atoms with van der Waals surface area (Å²) in [6.45, 7) is 0. The molecule has 0 fully saturated rings. The number of rotatable bonds is 2. The van der Waals surface area contributed by atoms with E-state index in [2.05, 4.69) is 10.3 Å². The third-order valence-corrected chi connectivity index (χ3v) is 2.36. The molecule has 0 bridgehead atoms. The SMILES string of the molecule is N#Cc1ccnc(Nc2cc(F)c(F)c(F)c2)c1N. The van der Waals surface area contributed by atoms with Crippen molar-refractivity contribution >= 4 is 17.2 Å². The number of hydrogen-bond acceptors (Lipinski definition) is 4. The summed E-state index contributed by atoms with van der Waals surface area (Å²) < 4.78 is 38.8. The maximum absolute atomic E-state index is 13.0. The molecule has 96 valence electrons. The van der Waals surface area contributed by atoms with Gasteiger partial charge in [0.15, 0.2) is 23.3 Å². The van der Waals surface area contributed by atoms with Gasteiger partial charge in [0.05, 0.1) is 11.3 Å². The third-order valence-electron chi connectivity index (χ3n) is 2.36. The fraction of sp³-hybridized carbons (Fsp3) is 0. The normalized spacial score (nSPS) is 10.0. The Kier molecular flexibility index (Phi) is 3.25. The van der Waals surface area contributed by atoms with Crippen molar-refractivity contribution in [2.75, 3.05) is 11.1 Å². The maximum atomic E-state index is 13.0. The van der Waals surface area contributed by atoms with Crippen LogP contribution in [0.4, 0.5) is 30.4 Å². The van der Waals surface area contributed by atoms with Gasteiger partial charge >= 0.3 is 0 Å². The summed E-state index contributed by atoms with van der Waals surface area (Å²) in [7, 11) is 0. The Morgan fingerprint density at radius 1 is 1.21 bits per heavy atom. The van der Waals surface area contributed by atoms with E-state index in [0.29, 0.717) is 0 Å². The molecule has 2 rings (SSSR count). The minimum atomic E-state index is -1.56. The van der Waals surface area contributed by atoms with Gasteiger partial charge in [-0.1, -0.05) is 0 Å². The number of aromatic nitrogens is 1. The molecule has 0 radical (unpaired) electrons. The number of benzene rings is 1. The van der Waals surface area contributed by atoms with Crippen LogP contribution in [0.15, 0.2) is 24.4 Å². The number of nitrogens with two attached hydrogens (primary N) is 1. The van der Waals surface area contributed by atoms with Gasteiger partial charge in [-0.25, -0.2) is 18.2 Å². The summed E-state index contributed by atoms with van der Waals surface area (Å²) in [6, 6.07) is 4.76. The molecule has 4 nitrogen and oxygen atoms in total. The predicted octanol–water partition coefficient (Wildman–Crippen LogP) is 2.70. The van der Waals surface area contributed by atoms with Crippen LogP contribution >= 0.6 is 0 Å².